The molecule has 1 N–H and O–H groups in total. The summed E-state index contributed by atoms with van der Waals surface area (Å²) in [4.78, 5) is 47.2. The number of halogens is 1. The van der Waals surface area contributed by atoms with Crippen LogP contribution in [0, 0.1) is 11.8 Å². The number of aliphatic hydroxyl groups is 1. The third kappa shape index (κ3) is 4.36. The highest BCUT2D eigenvalue weighted by atomic mass is 35.5. The molecule has 2 bridgehead atoms. The Kier molecular flexibility index (Phi) is 8.35. The van der Waals surface area contributed by atoms with Crippen LogP contribution in [-0.2, 0) is 19.1 Å². The van der Waals surface area contributed by atoms with Gasteiger partial charge in [-0.15, -0.1) is 13.2 Å². The van der Waals surface area contributed by atoms with Crippen molar-refractivity contribution in [2.24, 2.45) is 11.8 Å². The second kappa shape index (κ2) is 11.2. The van der Waals surface area contributed by atoms with Crippen molar-refractivity contribution < 1.29 is 24.2 Å². The highest BCUT2D eigenvalue weighted by Crippen LogP contribution is 2.64. The van der Waals surface area contributed by atoms with Gasteiger partial charge in [0.15, 0.2) is 0 Å². The Morgan fingerprint density at radius 3 is 2.42 bits per heavy atom. The third-order valence-corrected chi connectivity index (χ3v) is 8.64. The van der Waals surface area contributed by atoms with Crippen molar-refractivity contribution in [3.63, 3.8) is 0 Å². The predicted octanol–water partition coefficient (Wildman–Crippen LogP) is 3.43. The molecule has 8 nitrogen and oxygen atoms in total. The quantitative estimate of drug-likeness (QED) is 0.408. The molecule has 3 heterocycles. The van der Waals surface area contributed by atoms with E-state index >= 15 is 0 Å². The molecular formula is C29H38ClN3O5. The maximum absolute atomic E-state index is 14.4. The van der Waals surface area contributed by atoms with E-state index in [0.717, 1.165) is 6.42 Å². The number of nitrogens with zero attached hydrogens (tertiary/aromatic N) is 3. The van der Waals surface area contributed by atoms with E-state index in [2.05, 4.69) is 13.2 Å². The van der Waals surface area contributed by atoms with Crippen molar-refractivity contribution in [3.8, 4) is 0 Å². The van der Waals surface area contributed by atoms with E-state index in [9.17, 15) is 19.5 Å². The smallest absolute Gasteiger partial charge is 0.253 e. The summed E-state index contributed by atoms with van der Waals surface area (Å²) in [6.07, 6.45) is 5.70. The summed E-state index contributed by atoms with van der Waals surface area (Å²) in [6, 6.07) is 5.92. The molecule has 3 aliphatic heterocycles. The molecule has 0 saturated carbocycles. The van der Waals surface area contributed by atoms with E-state index in [1.165, 1.54) is 4.90 Å². The highest BCUT2D eigenvalue weighted by molar-refractivity contribution is 6.30. The summed E-state index contributed by atoms with van der Waals surface area (Å²) in [6.45, 7) is 12.4. The van der Waals surface area contributed by atoms with Gasteiger partial charge in [-0.25, -0.2) is 0 Å². The minimum Gasteiger partial charge on any atom is -0.395 e. The Morgan fingerprint density at radius 2 is 1.84 bits per heavy atom. The maximum Gasteiger partial charge on any atom is 0.253 e. The fraction of sp³-hybridized carbons (Fsp3) is 0.552. The minimum atomic E-state index is -1.16. The van der Waals surface area contributed by atoms with Crippen molar-refractivity contribution in [2.75, 3.05) is 37.7 Å². The number of anilines is 1. The first kappa shape index (κ1) is 28.3. The number of amides is 3. The number of hydrogen-bond donors (Lipinski definition) is 1. The zero-order valence-corrected chi connectivity index (χ0v) is 23.0. The van der Waals surface area contributed by atoms with Crippen LogP contribution in [0.25, 0.3) is 0 Å². The fourth-order valence-corrected chi connectivity index (χ4v) is 6.98. The number of aliphatic hydroxyl groups excluding tert-OH is 1. The Labute approximate surface area is 229 Å². The Bertz CT molecular complexity index is 1090. The van der Waals surface area contributed by atoms with E-state index in [-0.39, 0.29) is 37.4 Å². The first-order valence-electron chi connectivity index (χ1n) is 13.4. The molecule has 1 aromatic rings. The molecule has 9 heteroatoms. The average molecular weight is 544 g/mol. The van der Waals surface area contributed by atoms with Gasteiger partial charge < -0.3 is 24.5 Å². The van der Waals surface area contributed by atoms with Crippen LogP contribution in [0.4, 0.5) is 5.69 Å². The largest absolute Gasteiger partial charge is 0.395 e. The molecule has 206 valence electrons. The van der Waals surface area contributed by atoms with E-state index in [1.807, 2.05) is 13.8 Å². The van der Waals surface area contributed by atoms with Gasteiger partial charge in [0.05, 0.1) is 24.0 Å². The second-order valence-corrected chi connectivity index (χ2v) is 10.8. The zero-order valence-electron chi connectivity index (χ0n) is 22.3. The van der Waals surface area contributed by atoms with Crippen molar-refractivity contribution in [1.29, 1.82) is 0 Å². The van der Waals surface area contributed by atoms with Crippen molar-refractivity contribution >= 4 is 35.0 Å². The molecule has 5 atom stereocenters. The molecule has 3 saturated heterocycles. The lowest BCUT2D eigenvalue weighted by molar-refractivity contribution is -0.151. The summed E-state index contributed by atoms with van der Waals surface area (Å²) < 4.78 is 6.81. The predicted molar refractivity (Wildman–Crippen MR) is 147 cm³/mol. The van der Waals surface area contributed by atoms with E-state index in [1.54, 1.807) is 46.2 Å². The average Bonchev–Trinajstić information content (AvgIpc) is 3.51. The molecule has 0 aromatic heterocycles. The molecule has 2 unspecified atom stereocenters. The molecule has 0 radical (unpaired) electrons. The van der Waals surface area contributed by atoms with Crippen LogP contribution in [0.1, 0.15) is 39.5 Å². The number of fused-ring (bicyclic) bond motifs is 1. The van der Waals surface area contributed by atoms with Crippen LogP contribution in [0.5, 0.6) is 0 Å². The number of β-amino-alcohol motifs (C(OH)–C–C–N with tert-alkyl or cyclic N) is 1. The summed E-state index contributed by atoms with van der Waals surface area (Å²) in [5.41, 5.74) is -1.36. The second-order valence-electron chi connectivity index (χ2n) is 10.4. The zero-order chi connectivity index (χ0) is 27.7. The topological polar surface area (TPSA) is 90.4 Å². The number of hydrogen-bond acceptors (Lipinski definition) is 5. The lowest BCUT2D eigenvalue weighted by Crippen LogP contribution is -2.57. The molecule has 0 aliphatic carbocycles. The lowest BCUT2D eigenvalue weighted by Gasteiger charge is -2.37. The number of carbonyl (C=O) groups excluding carboxylic acids is 3. The first-order chi connectivity index (χ1) is 18.2. The molecule has 1 aromatic carbocycles. The Hall–Kier alpha value is -2.68. The van der Waals surface area contributed by atoms with E-state index in [0.29, 0.717) is 43.1 Å². The van der Waals surface area contributed by atoms with E-state index in [4.69, 9.17) is 16.3 Å². The molecule has 1 spiro atoms. The van der Waals surface area contributed by atoms with Gasteiger partial charge in [-0.05, 0) is 49.9 Å². The van der Waals surface area contributed by atoms with Crippen LogP contribution in [0.3, 0.4) is 0 Å². The van der Waals surface area contributed by atoms with Crippen LogP contribution in [0.2, 0.25) is 5.02 Å². The SMILES string of the molecule is C=CCN(CCC)C(=O)[C@H]1[C@H]2C(=O)N(CCO)C(C(=O)N(CC=C)c3ccc(Cl)cc3)C23CC[C@]1(CC)O3. The molecule has 38 heavy (non-hydrogen) atoms. The molecule has 3 fully saturated rings. The number of carbonyl (C=O) groups is 3. The van der Waals surface area contributed by atoms with E-state index < -0.39 is 29.1 Å². The number of benzene rings is 1. The highest BCUT2D eigenvalue weighted by Gasteiger charge is 2.79. The Morgan fingerprint density at radius 1 is 1.16 bits per heavy atom. The van der Waals surface area contributed by atoms with Gasteiger partial charge in [0.25, 0.3) is 5.91 Å². The van der Waals surface area contributed by atoms with Crippen LogP contribution < -0.4 is 4.90 Å². The van der Waals surface area contributed by atoms with Crippen molar-refractivity contribution in [2.45, 2.75) is 56.8 Å². The molecular weight excluding hydrogens is 506 g/mol. The van der Waals surface area contributed by atoms with Crippen molar-refractivity contribution in [3.05, 3.63) is 54.6 Å². The third-order valence-electron chi connectivity index (χ3n) is 8.39. The molecule has 3 amide bonds. The van der Waals surface area contributed by atoms with Gasteiger partial charge in [-0.2, -0.15) is 0 Å². The van der Waals surface area contributed by atoms with Gasteiger partial charge >= 0.3 is 0 Å². The van der Waals surface area contributed by atoms with Crippen molar-refractivity contribution in [1.82, 2.24) is 9.80 Å². The summed E-state index contributed by atoms with van der Waals surface area (Å²) >= 11 is 6.09. The van der Waals surface area contributed by atoms with Crippen LogP contribution in [0.15, 0.2) is 49.6 Å². The first-order valence-corrected chi connectivity index (χ1v) is 13.8. The summed E-state index contributed by atoms with van der Waals surface area (Å²) in [5.74, 6) is -2.28. The number of likely N-dealkylation sites (tertiary alicyclic amines) is 1. The number of rotatable bonds is 12. The fourth-order valence-electron chi connectivity index (χ4n) is 6.86. The monoisotopic (exact) mass is 543 g/mol. The summed E-state index contributed by atoms with van der Waals surface area (Å²) in [5, 5.41) is 10.4. The number of ether oxygens (including phenoxy) is 1. The summed E-state index contributed by atoms with van der Waals surface area (Å²) in [7, 11) is 0. The molecule has 4 rings (SSSR count). The van der Waals surface area contributed by atoms with Crippen LogP contribution in [-0.4, -0.2) is 82.7 Å². The molecule has 3 aliphatic rings. The Balaban J connectivity index is 1.80. The van der Waals surface area contributed by atoms with Gasteiger partial charge in [0.2, 0.25) is 11.8 Å². The van der Waals surface area contributed by atoms with Gasteiger partial charge in [-0.3, -0.25) is 14.4 Å². The van der Waals surface area contributed by atoms with Gasteiger partial charge in [0.1, 0.15) is 11.6 Å². The standard InChI is InChI=1S/C29H38ClN3O5/c1-5-15-31(16-6-2)25(35)22-23-26(36)33(18-19-34)24(29(23)14-13-28(22,8-4)38-29)27(37)32(17-7-3)21-11-9-20(30)10-12-21/h5,7,9-12,22-24,34H,1,3,6,8,13-19H2,2,4H3/t22-,23+,24?,28+,29?/m1/s1. The van der Waals surface area contributed by atoms with Gasteiger partial charge in [-0.1, -0.05) is 37.6 Å². The minimum absolute atomic E-state index is 0.0231. The lowest BCUT2D eigenvalue weighted by atomic mass is 9.64. The van der Waals surface area contributed by atoms with Crippen LogP contribution >= 0.6 is 11.6 Å². The maximum atomic E-state index is 14.4. The van der Waals surface area contributed by atoms with Gasteiger partial charge in [0, 0.05) is 36.9 Å². The normalized spacial score (nSPS) is 29.3.